The number of nitrogens with zero attached hydrogens (tertiary/aromatic N) is 3. The van der Waals surface area contributed by atoms with Crippen molar-refractivity contribution in [2.75, 3.05) is 5.32 Å². The molecule has 2 aromatic heterocycles. The van der Waals surface area contributed by atoms with E-state index in [1.54, 1.807) is 18.3 Å². The molecule has 29 heavy (non-hydrogen) atoms. The van der Waals surface area contributed by atoms with Gasteiger partial charge in [-0.05, 0) is 45.4 Å². The number of hydrogen-bond acceptors (Lipinski definition) is 4. The maximum absolute atomic E-state index is 12.4. The maximum Gasteiger partial charge on any atom is 0.319 e. The lowest BCUT2D eigenvalue weighted by Gasteiger charge is -2.14. The predicted molar refractivity (Wildman–Crippen MR) is 113 cm³/mol. The van der Waals surface area contributed by atoms with Gasteiger partial charge in [-0.25, -0.2) is 9.78 Å². The molecule has 0 bridgehead atoms. The fraction of sp³-hybridized carbons (Fsp3) is 0.318. The highest BCUT2D eigenvalue weighted by Crippen LogP contribution is 2.21. The van der Waals surface area contributed by atoms with Crippen molar-refractivity contribution in [2.45, 2.75) is 46.9 Å². The summed E-state index contributed by atoms with van der Waals surface area (Å²) in [6, 6.07) is 13.4. The average molecular weight is 393 g/mol. The topological polar surface area (TPSA) is 81.1 Å². The van der Waals surface area contributed by atoms with Gasteiger partial charge in [-0.15, -0.1) is 0 Å². The van der Waals surface area contributed by atoms with E-state index in [0.29, 0.717) is 24.7 Å². The molecule has 152 valence electrons. The van der Waals surface area contributed by atoms with Crippen molar-refractivity contribution in [3.63, 3.8) is 0 Å². The van der Waals surface area contributed by atoms with Gasteiger partial charge < -0.3 is 15.4 Å². The highest BCUT2D eigenvalue weighted by molar-refractivity contribution is 5.90. The standard InChI is InChI=1S/C22H27N5O2/c1-15(2)29-21-20(11-8-12-23-21)25-22(28)24-13-19-16(3)26-27(17(19)4)14-18-9-6-5-7-10-18/h5-12,15H,13-14H2,1-4H3,(H2,24,25,28). The molecule has 0 atom stereocenters. The molecule has 7 nitrogen and oxygen atoms in total. The summed E-state index contributed by atoms with van der Waals surface area (Å²) in [7, 11) is 0. The van der Waals surface area contributed by atoms with Gasteiger partial charge >= 0.3 is 6.03 Å². The molecular weight excluding hydrogens is 366 g/mol. The number of benzene rings is 1. The molecule has 7 heteroatoms. The number of aromatic nitrogens is 3. The number of pyridine rings is 1. The van der Waals surface area contributed by atoms with Crippen molar-refractivity contribution in [3.05, 3.63) is 71.2 Å². The van der Waals surface area contributed by atoms with Crippen LogP contribution in [0.4, 0.5) is 10.5 Å². The van der Waals surface area contributed by atoms with E-state index in [2.05, 4.69) is 32.8 Å². The van der Waals surface area contributed by atoms with E-state index in [0.717, 1.165) is 17.0 Å². The summed E-state index contributed by atoms with van der Waals surface area (Å²) in [4.78, 5) is 16.6. The van der Waals surface area contributed by atoms with Crippen molar-refractivity contribution in [3.8, 4) is 5.88 Å². The largest absolute Gasteiger partial charge is 0.473 e. The summed E-state index contributed by atoms with van der Waals surface area (Å²) in [5.41, 5.74) is 4.68. The molecule has 0 unspecified atom stereocenters. The fourth-order valence-electron chi connectivity index (χ4n) is 3.04. The zero-order valence-corrected chi connectivity index (χ0v) is 17.3. The van der Waals surface area contributed by atoms with Gasteiger partial charge in [0.25, 0.3) is 0 Å². The Hall–Kier alpha value is -3.35. The number of aryl methyl sites for hydroxylation is 1. The third kappa shape index (κ3) is 5.34. The number of nitrogens with one attached hydrogen (secondary N) is 2. The van der Waals surface area contributed by atoms with Crippen LogP contribution in [0.3, 0.4) is 0 Å². The summed E-state index contributed by atoms with van der Waals surface area (Å²) in [5.74, 6) is 0.403. The molecule has 0 aliphatic rings. The number of anilines is 1. The fourth-order valence-corrected chi connectivity index (χ4v) is 3.04. The van der Waals surface area contributed by atoms with Crippen LogP contribution in [0.15, 0.2) is 48.7 Å². The number of ether oxygens (including phenoxy) is 1. The van der Waals surface area contributed by atoms with Crippen molar-refractivity contribution < 1.29 is 9.53 Å². The van der Waals surface area contributed by atoms with Crippen LogP contribution in [0, 0.1) is 13.8 Å². The molecule has 2 heterocycles. The van der Waals surface area contributed by atoms with Crippen LogP contribution in [0.5, 0.6) is 5.88 Å². The summed E-state index contributed by atoms with van der Waals surface area (Å²) in [6.07, 6.45) is 1.60. The first-order chi connectivity index (χ1) is 13.9. The lowest BCUT2D eigenvalue weighted by Crippen LogP contribution is -2.29. The monoisotopic (exact) mass is 393 g/mol. The first-order valence-corrected chi connectivity index (χ1v) is 9.67. The molecule has 2 amide bonds. The Balaban J connectivity index is 1.64. The molecule has 1 aromatic carbocycles. The van der Waals surface area contributed by atoms with Gasteiger partial charge in [-0.3, -0.25) is 4.68 Å². The van der Waals surface area contributed by atoms with Crippen molar-refractivity contribution in [2.24, 2.45) is 0 Å². The van der Waals surface area contributed by atoms with E-state index < -0.39 is 0 Å². The smallest absolute Gasteiger partial charge is 0.319 e. The summed E-state index contributed by atoms with van der Waals surface area (Å²) < 4.78 is 7.61. The second kappa shape index (κ2) is 9.23. The minimum Gasteiger partial charge on any atom is -0.473 e. The Labute approximate surface area is 171 Å². The van der Waals surface area contributed by atoms with E-state index in [1.165, 1.54) is 5.56 Å². The summed E-state index contributed by atoms with van der Waals surface area (Å²) in [5, 5.41) is 10.3. The van der Waals surface area contributed by atoms with E-state index in [1.807, 2.05) is 50.6 Å². The maximum atomic E-state index is 12.4. The number of carbonyl (C=O) groups excluding carboxylic acids is 1. The second-order valence-corrected chi connectivity index (χ2v) is 7.12. The molecule has 0 saturated heterocycles. The van der Waals surface area contributed by atoms with Crippen LogP contribution >= 0.6 is 0 Å². The summed E-state index contributed by atoms with van der Waals surface area (Å²) >= 11 is 0. The molecule has 3 aromatic rings. The van der Waals surface area contributed by atoms with E-state index >= 15 is 0 Å². The number of urea groups is 1. The Morgan fingerprint density at radius 1 is 1.14 bits per heavy atom. The van der Waals surface area contributed by atoms with Crippen molar-refractivity contribution in [1.29, 1.82) is 0 Å². The van der Waals surface area contributed by atoms with Gasteiger partial charge in [-0.2, -0.15) is 5.10 Å². The number of amides is 2. The molecule has 0 aliphatic heterocycles. The molecule has 2 N–H and O–H groups in total. The molecule has 0 radical (unpaired) electrons. The van der Waals surface area contributed by atoms with Crippen LogP contribution in [-0.4, -0.2) is 26.9 Å². The Morgan fingerprint density at radius 3 is 2.62 bits per heavy atom. The lowest BCUT2D eigenvalue weighted by molar-refractivity contribution is 0.233. The number of carbonyl (C=O) groups is 1. The quantitative estimate of drug-likeness (QED) is 0.634. The molecule has 0 spiro atoms. The van der Waals surface area contributed by atoms with Crippen LogP contribution in [0.2, 0.25) is 0 Å². The Bertz CT molecular complexity index is 967. The number of rotatable bonds is 7. The van der Waals surface area contributed by atoms with Crippen LogP contribution in [-0.2, 0) is 13.1 Å². The van der Waals surface area contributed by atoms with Crippen molar-refractivity contribution >= 4 is 11.7 Å². The molecule has 3 rings (SSSR count). The minimum atomic E-state index is -0.318. The first-order valence-electron chi connectivity index (χ1n) is 9.67. The highest BCUT2D eigenvalue weighted by Gasteiger charge is 2.14. The zero-order valence-electron chi connectivity index (χ0n) is 17.3. The van der Waals surface area contributed by atoms with Gasteiger partial charge in [0.15, 0.2) is 0 Å². The third-order valence-electron chi connectivity index (χ3n) is 4.50. The SMILES string of the molecule is Cc1nn(Cc2ccccc2)c(C)c1CNC(=O)Nc1cccnc1OC(C)C. The minimum absolute atomic E-state index is 0.0331. The van der Waals surface area contributed by atoms with E-state index in [-0.39, 0.29) is 12.1 Å². The highest BCUT2D eigenvalue weighted by atomic mass is 16.5. The van der Waals surface area contributed by atoms with Crippen LogP contribution in [0.1, 0.15) is 36.4 Å². The molecular formula is C22H27N5O2. The van der Waals surface area contributed by atoms with Crippen LogP contribution < -0.4 is 15.4 Å². The van der Waals surface area contributed by atoms with E-state index in [4.69, 9.17) is 4.74 Å². The normalized spacial score (nSPS) is 10.8. The van der Waals surface area contributed by atoms with Gasteiger partial charge in [0.2, 0.25) is 5.88 Å². The van der Waals surface area contributed by atoms with Gasteiger partial charge in [0.05, 0.1) is 18.3 Å². The first kappa shape index (κ1) is 20.4. The molecule has 0 fully saturated rings. The average Bonchev–Trinajstić information content (AvgIpc) is 2.95. The van der Waals surface area contributed by atoms with Crippen molar-refractivity contribution in [1.82, 2.24) is 20.1 Å². The third-order valence-corrected chi connectivity index (χ3v) is 4.50. The Kier molecular flexibility index (Phi) is 6.49. The Morgan fingerprint density at radius 2 is 1.90 bits per heavy atom. The molecule has 0 aliphatic carbocycles. The van der Waals surface area contributed by atoms with Crippen LogP contribution in [0.25, 0.3) is 0 Å². The number of hydrogen-bond donors (Lipinski definition) is 2. The zero-order chi connectivity index (χ0) is 20.8. The predicted octanol–water partition coefficient (Wildman–Crippen LogP) is 4.05. The van der Waals surface area contributed by atoms with E-state index in [9.17, 15) is 4.79 Å². The van der Waals surface area contributed by atoms with Gasteiger partial charge in [-0.1, -0.05) is 30.3 Å². The molecule has 0 saturated carbocycles. The second-order valence-electron chi connectivity index (χ2n) is 7.12. The lowest BCUT2D eigenvalue weighted by atomic mass is 10.2. The van der Waals surface area contributed by atoms with Gasteiger partial charge in [0.1, 0.15) is 5.69 Å². The summed E-state index contributed by atoms with van der Waals surface area (Å²) in [6.45, 7) is 8.89. The van der Waals surface area contributed by atoms with Gasteiger partial charge in [0, 0.05) is 24.0 Å².